The molecule has 6 heteroatoms. The number of hydrogen-bond acceptors (Lipinski definition) is 3. The lowest BCUT2D eigenvalue weighted by atomic mass is 9.85. The Bertz CT molecular complexity index is 774. The predicted octanol–water partition coefficient (Wildman–Crippen LogP) is 2.73. The summed E-state index contributed by atoms with van der Waals surface area (Å²) in [6.07, 6.45) is 6.41. The molecule has 2 aliphatic rings. The maximum absolute atomic E-state index is 13.0. The number of rotatable bonds is 2. The summed E-state index contributed by atoms with van der Waals surface area (Å²) in [6.45, 7) is 0. The first kappa shape index (κ1) is 15.7. The zero-order valence-corrected chi connectivity index (χ0v) is 14.3. The number of carbonyl (C=O) groups excluding carboxylic acids is 1. The van der Waals surface area contributed by atoms with E-state index in [9.17, 15) is 9.90 Å². The number of piperidine rings is 1. The highest BCUT2D eigenvalue weighted by Gasteiger charge is 2.51. The van der Waals surface area contributed by atoms with Crippen LogP contribution >= 0.6 is 11.6 Å². The Balaban J connectivity index is 1.63. The Hall–Kier alpha value is -1.85. The quantitative estimate of drug-likeness (QED) is 0.910. The molecule has 0 aliphatic carbocycles. The number of aryl methyl sites for hydroxylation is 1. The predicted molar refractivity (Wildman–Crippen MR) is 90.8 cm³/mol. The van der Waals surface area contributed by atoms with Crippen LogP contribution in [0.1, 0.15) is 41.9 Å². The van der Waals surface area contributed by atoms with Crippen LogP contribution in [0, 0.1) is 0 Å². The minimum Gasteiger partial charge on any atom is -0.382 e. The molecule has 2 aliphatic heterocycles. The van der Waals surface area contributed by atoms with Crippen LogP contribution in [0.2, 0.25) is 5.02 Å². The molecule has 2 bridgehead atoms. The van der Waals surface area contributed by atoms with Crippen LogP contribution < -0.4 is 0 Å². The summed E-state index contributed by atoms with van der Waals surface area (Å²) in [4.78, 5) is 19.3. The van der Waals surface area contributed by atoms with Crippen molar-refractivity contribution in [1.29, 1.82) is 0 Å². The normalized spacial score (nSPS) is 29.0. The van der Waals surface area contributed by atoms with Gasteiger partial charge in [-0.3, -0.25) is 4.79 Å². The molecular weight excluding hydrogens is 326 g/mol. The molecule has 0 unspecified atom stereocenters. The van der Waals surface area contributed by atoms with Gasteiger partial charge in [0.15, 0.2) is 0 Å². The molecule has 1 N–H and O–H groups in total. The lowest BCUT2D eigenvalue weighted by molar-refractivity contribution is -0.0555. The zero-order chi connectivity index (χ0) is 16.9. The van der Waals surface area contributed by atoms with E-state index in [1.54, 1.807) is 18.3 Å². The first-order valence-corrected chi connectivity index (χ1v) is 8.65. The highest BCUT2D eigenvalue weighted by molar-refractivity contribution is 6.33. The van der Waals surface area contributed by atoms with E-state index in [0.29, 0.717) is 29.3 Å². The SMILES string of the molecule is Cn1ccnc1C1(O)C[C@H]2CC[C@H](C1)N2C(=O)c1ccccc1Cl. The average Bonchev–Trinajstić information content (AvgIpc) is 3.10. The van der Waals surface area contributed by atoms with Crippen molar-refractivity contribution >= 4 is 17.5 Å². The first-order valence-electron chi connectivity index (χ1n) is 8.27. The maximum Gasteiger partial charge on any atom is 0.255 e. The molecule has 0 radical (unpaired) electrons. The van der Waals surface area contributed by atoms with E-state index in [4.69, 9.17) is 11.6 Å². The molecule has 126 valence electrons. The molecule has 0 spiro atoms. The van der Waals surface area contributed by atoms with Gasteiger partial charge in [0.25, 0.3) is 5.91 Å². The summed E-state index contributed by atoms with van der Waals surface area (Å²) in [5.41, 5.74) is -0.431. The molecule has 1 aromatic carbocycles. The van der Waals surface area contributed by atoms with E-state index in [2.05, 4.69) is 4.98 Å². The number of aliphatic hydroxyl groups is 1. The second-order valence-corrected chi connectivity index (χ2v) is 7.29. The van der Waals surface area contributed by atoms with Crippen LogP contribution in [0.3, 0.4) is 0 Å². The molecule has 2 fully saturated rings. The van der Waals surface area contributed by atoms with Gasteiger partial charge >= 0.3 is 0 Å². The molecule has 1 aromatic heterocycles. The Morgan fingerprint density at radius 1 is 1.29 bits per heavy atom. The second-order valence-electron chi connectivity index (χ2n) is 6.88. The third-order valence-corrected chi connectivity index (χ3v) is 5.67. The van der Waals surface area contributed by atoms with Gasteiger partial charge in [-0.05, 0) is 25.0 Å². The lowest BCUT2D eigenvalue weighted by Crippen LogP contribution is -2.52. The van der Waals surface area contributed by atoms with Crippen LogP contribution in [-0.4, -0.2) is 37.5 Å². The highest BCUT2D eigenvalue weighted by Crippen LogP contribution is 2.45. The number of hydrogen-bond donors (Lipinski definition) is 1. The van der Waals surface area contributed by atoms with Crippen molar-refractivity contribution in [1.82, 2.24) is 14.5 Å². The van der Waals surface area contributed by atoms with Gasteiger partial charge in [-0.15, -0.1) is 0 Å². The van der Waals surface area contributed by atoms with Crippen LogP contribution in [0.4, 0.5) is 0 Å². The lowest BCUT2D eigenvalue weighted by Gasteiger charge is -2.43. The molecule has 4 rings (SSSR count). The number of fused-ring (bicyclic) bond motifs is 2. The van der Waals surface area contributed by atoms with Gasteiger partial charge in [0.05, 0.1) is 10.6 Å². The minimum atomic E-state index is -0.971. The molecular formula is C18H20ClN3O2. The fourth-order valence-electron chi connectivity index (χ4n) is 4.33. The summed E-state index contributed by atoms with van der Waals surface area (Å²) >= 11 is 6.20. The largest absolute Gasteiger partial charge is 0.382 e. The Kier molecular flexibility index (Phi) is 3.66. The molecule has 24 heavy (non-hydrogen) atoms. The van der Waals surface area contributed by atoms with Gasteiger partial charge in [-0.1, -0.05) is 23.7 Å². The fourth-order valence-corrected chi connectivity index (χ4v) is 4.54. The van der Waals surface area contributed by atoms with E-state index >= 15 is 0 Å². The van der Waals surface area contributed by atoms with Crippen LogP contribution in [0.25, 0.3) is 0 Å². The van der Waals surface area contributed by atoms with Crippen molar-refractivity contribution in [2.24, 2.45) is 7.05 Å². The number of nitrogens with zero attached hydrogens (tertiary/aromatic N) is 3. The van der Waals surface area contributed by atoms with E-state index in [1.165, 1.54) is 0 Å². The van der Waals surface area contributed by atoms with Gasteiger partial charge in [-0.25, -0.2) is 4.98 Å². The Morgan fingerprint density at radius 2 is 1.96 bits per heavy atom. The molecule has 1 amide bonds. The number of aromatic nitrogens is 2. The second kappa shape index (κ2) is 5.60. The summed E-state index contributed by atoms with van der Waals surface area (Å²) in [6, 6.07) is 7.21. The monoisotopic (exact) mass is 345 g/mol. The topological polar surface area (TPSA) is 58.4 Å². The van der Waals surface area contributed by atoms with E-state index in [-0.39, 0.29) is 18.0 Å². The van der Waals surface area contributed by atoms with Crippen molar-refractivity contribution in [2.75, 3.05) is 0 Å². The van der Waals surface area contributed by atoms with Crippen LogP contribution in [-0.2, 0) is 12.6 Å². The van der Waals surface area contributed by atoms with Crippen molar-refractivity contribution in [3.05, 3.63) is 53.1 Å². The number of carbonyl (C=O) groups is 1. The van der Waals surface area contributed by atoms with Crippen molar-refractivity contribution in [3.8, 4) is 0 Å². The van der Waals surface area contributed by atoms with Crippen LogP contribution in [0.5, 0.6) is 0 Å². The smallest absolute Gasteiger partial charge is 0.255 e. The Morgan fingerprint density at radius 3 is 2.54 bits per heavy atom. The van der Waals surface area contributed by atoms with Crippen molar-refractivity contribution in [3.63, 3.8) is 0 Å². The van der Waals surface area contributed by atoms with E-state index in [1.807, 2.05) is 34.8 Å². The maximum atomic E-state index is 13.0. The molecule has 5 nitrogen and oxygen atoms in total. The van der Waals surface area contributed by atoms with Gasteiger partial charge in [-0.2, -0.15) is 0 Å². The first-order chi connectivity index (χ1) is 11.5. The van der Waals surface area contributed by atoms with Crippen molar-refractivity contribution in [2.45, 2.75) is 43.4 Å². The number of amides is 1. The van der Waals surface area contributed by atoms with E-state index < -0.39 is 5.60 Å². The number of benzene rings is 1. The average molecular weight is 346 g/mol. The third kappa shape index (κ3) is 2.34. The number of imidazole rings is 1. The minimum absolute atomic E-state index is 0.0224. The van der Waals surface area contributed by atoms with E-state index in [0.717, 1.165) is 12.8 Å². The summed E-state index contributed by atoms with van der Waals surface area (Å²) in [5, 5.41) is 11.6. The molecule has 3 heterocycles. The van der Waals surface area contributed by atoms with Gasteiger partial charge < -0.3 is 14.6 Å². The fraction of sp³-hybridized carbons (Fsp3) is 0.444. The molecule has 2 saturated heterocycles. The molecule has 0 saturated carbocycles. The van der Waals surface area contributed by atoms with Gasteiger partial charge in [0.2, 0.25) is 0 Å². The third-order valence-electron chi connectivity index (χ3n) is 5.34. The van der Waals surface area contributed by atoms with Gasteiger partial charge in [0, 0.05) is 44.4 Å². The Labute approximate surface area is 145 Å². The van der Waals surface area contributed by atoms with Crippen molar-refractivity contribution < 1.29 is 9.90 Å². The summed E-state index contributed by atoms with van der Waals surface area (Å²) in [7, 11) is 1.89. The summed E-state index contributed by atoms with van der Waals surface area (Å²) < 4.78 is 1.87. The number of halogens is 1. The standard InChI is InChI=1S/C18H20ClN3O2/c1-21-9-8-20-17(21)18(24)10-12-6-7-13(11-18)22(12)16(23)14-4-2-3-5-15(14)19/h2-5,8-9,12-13,24H,6-7,10-11H2,1H3/t12-,13-/m1/s1. The summed E-state index contributed by atoms with van der Waals surface area (Å²) in [5.74, 6) is 0.652. The highest BCUT2D eigenvalue weighted by atomic mass is 35.5. The molecule has 2 atom stereocenters. The van der Waals surface area contributed by atoms with Gasteiger partial charge in [0.1, 0.15) is 11.4 Å². The zero-order valence-electron chi connectivity index (χ0n) is 13.5. The van der Waals surface area contributed by atoms with Crippen LogP contribution in [0.15, 0.2) is 36.7 Å². The molecule has 2 aromatic rings.